The van der Waals surface area contributed by atoms with E-state index in [9.17, 15) is 15.0 Å². The summed E-state index contributed by atoms with van der Waals surface area (Å²) in [6.07, 6.45) is 0.138. The molecule has 0 amide bonds. The molecule has 33 heavy (non-hydrogen) atoms. The van der Waals surface area contributed by atoms with Gasteiger partial charge in [-0.15, -0.1) is 0 Å². The Labute approximate surface area is 191 Å². The van der Waals surface area contributed by atoms with Gasteiger partial charge in [-0.2, -0.15) is 0 Å². The molecule has 0 saturated carbocycles. The second kappa shape index (κ2) is 8.00. The number of methoxy groups -OCH3 is 3. The fourth-order valence-corrected chi connectivity index (χ4v) is 4.46. The summed E-state index contributed by atoms with van der Waals surface area (Å²) in [4.78, 5) is 11.9. The Balaban J connectivity index is 2.17. The number of rotatable bonds is 4. The Bertz CT molecular complexity index is 1120. The van der Waals surface area contributed by atoms with E-state index in [1.165, 1.54) is 28.3 Å². The molecule has 2 aromatic carbocycles. The summed E-state index contributed by atoms with van der Waals surface area (Å²) < 4.78 is 33.7. The van der Waals surface area contributed by atoms with E-state index in [1.54, 1.807) is 26.0 Å². The van der Waals surface area contributed by atoms with Crippen LogP contribution >= 0.6 is 0 Å². The third-order valence-corrected chi connectivity index (χ3v) is 6.34. The molecule has 4 rings (SSSR count). The lowest BCUT2D eigenvalue weighted by atomic mass is 9.72. The average Bonchev–Trinajstić information content (AvgIpc) is 3.20. The van der Waals surface area contributed by atoms with Crippen molar-refractivity contribution < 1.29 is 43.4 Å². The fourth-order valence-electron chi connectivity index (χ4n) is 4.46. The highest BCUT2D eigenvalue weighted by atomic mass is 16.7. The lowest BCUT2D eigenvalue weighted by Gasteiger charge is -2.41. The summed E-state index contributed by atoms with van der Waals surface area (Å²) in [7, 11) is 4.40. The molecule has 1 heterocycles. The molecule has 0 spiro atoms. The molecule has 2 N–H and O–H groups in total. The Morgan fingerprint density at radius 1 is 0.879 bits per heavy atom. The van der Waals surface area contributed by atoms with Crippen molar-refractivity contribution >= 4 is 5.97 Å². The number of aliphatic hydroxyl groups is 2. The zero-order chi connectivity index (χ0) is 24.1. The van der Waals surface area contributed by atoms with Gasteiger partial charge in [0.15, 0.2) is 23.0 Å². The Morgan fingerprint density at radius 2 is 1.45 bits per heavy atom. The van der Waals surface area contributed by atoms with E-state index < -0.39 is 17.2 Å². The normalized spacial score (nSPS) is 23.0. The molecule has 2 aromatic rings. The summed E-state index contributed by atoms with van der Waals surface area (Å²) in [5.41, 5.74) is -0.673. The lowest BCUT2D eigenvalue weighted by Crippen LogP contribution is -2.53. The predicted octanol–water partition coefficient (Wildman–Crippen LogP) is 2.63. The quantitative estimate of drug-likeness (QED) is 0.525. The maximum absolute atomic E-state index is 11.9. The van der Waals surface area contributed by atoms with Crippen molar-refractivity contribution in [1.82, 2.24) is 0 Å². The van der Waals surface area contributed by atoms with E-state index in [0.29, 0.717) is 39.5 Å². The number of carbonyl (C=O) groups excluding carboxylic acids is 1. The minimum absolute atomic E-state index is 0.0218. The van der Waals surface area contributed by atoms with Crippen molar-refractivity contribution in [1.29, 1.82) is 0 Å². The van der Waals surface area contributed by atoms with E-state index in [4.69, 9.17) is 28.4 Å². The number of benzene rings is 2. The van der Waals surface area contributed by atoms with Crippen molar-refractivity contribution in [2.24, 2.45) is 0 Å². The van der Waals surface area contributed by atoms with E-state index >= 15 is 0 Å². The first-order valence-corrected chi connectivity index (χ1v) is 10.5. The van der Waals surface area contributed by atoms with Gasteiger partial charge in [0.1, 0.15) is 0 Å². The minimum Gasteiger partial charge on any atom is -0.493 e. The monoisotopic (exact) mass is 460 g/mol. The van der Waals surface area contributed by atoms with Crippen molar-refractivity contribution in [3.8, 4) is 45.6 Å². The zero-order valence-corrected chi connectivity index (χ0v) is 19.5. The molecule has 0 bridgehead atoms. The minimum atomic E-state index is -1.53. The molecule has 2 atom stereocenters. The Kier molecular flexibility index (Phi) is 5.58. The number of ether oxygens (including phenoxy) is 6. The zero-order valence-electron chi connectivity index (χ0n) is 19.5. The van der Waals surface area contributed by atoms with Crippen molar-refractivity contribution in [3.63, 3.8) is 0 Å². The fraction of sp³-hybridized carbons (Fsp3) is 0.458. The van der Waals surface area contributed by atoms with Crippen LogP contribution in [0.25, 0.3) is 11.1 Å². The van der Waals surface area contributed by atoms with E-state index in [0.717, 1.165) is 0 Å². The molecule has 2 aliphatic rings. The summed E-state index contributed by atoms with van der Waals surface area (Å²) in [5.74, 6) is 1.30. The Hall–Kier alpha value is -3.17. The van der Waals surface area contributed by atoms with Crippen LogP contribution in [-0.2, 0) is 17.6 Å². The van der Waals surface area contributed by atoms with Gasteiger partial charge in [-0.25, -0.2) is 0 Å². The highest BCUT2D eigenvalue weighted by Crippen LogP contribution is 2.57. The van der Waals surface area contributed by atoms with Gasteiger partial charge in [-0.1, -0.05) is 0 Å². The van der Waals surface area contributed by atoms with Gasteiger partial charge in [0.25, 0.3) is 0 Å². The van der Waals surface area contributed by atoms with Crippen LogP contribution in [0.2, 0.25) is 0 Å². The predicted molar refractivity (Wildman–Crippen MR) is 118 cm³/mol. The highest BCUT2D eigenvalue weighted by molar-refractivity contribution is 5.89. The first-order valence-electron chi connectivity index (χ1n) is 10.5. The maximum atomic E-state index is 11.9. The van der Waals surface area contributed by atoms with Gasteiger partial charge in [0, 0.05) is 30.9 Å². The number of hydrogen-bond donors (Lipinski definition) is 2. The number of esters is 1. The SMILES string of the molecule is COc1cc2c(c(OC)c1OC(C)=O)-c1c(cc3c(c1OC)OCO3)C[C@@](C)(O)[C@@](C)(O)C2. The summed E-state index contributed by atoms with van der Waals surface area (Å²) in [6.45, 7) is 4.46. The van der Waals surface area contributed by atoms with Gasteiger partial charge in [-0.3, -0.25) is 4.79 Å². The highest BCUT2D eigenvalue weighted by Gasteiger charge is 2.46. The molecule has 9 nitrogen and oxygen atoms in total. The van der Waals surface area contributed by atoms with Crippen LogP contribution in [0.1, 0.15) is 31.9 Å². The van der Waals surface area contributed by atoms with E-state index in [2.05, 4.69) is 0 Å². The standard InChI is InChI=1S/C24H28O9/c1-12(25)33-20-15(28-4)7-13-9-23(2,26)24(3,27)10-14-8-16-19(32-11-31-16)21(29-5)17(14)18(13)22(20)30-6/h7-8,26-27H,9-11H2,1-6H3/t23-,24+/m0/s1. The third kappa shape index (κ3) is 3.61. The van der Waals surface area contributed by atoms with Crippen LogP contribution in [0.3, 0.4) is 0 Å². The van der Waals surface area contributed by atoms with Gasteiger partial charge < -0.3 is 38.6 Å². The Morgan fingerprint density at radius 3 is 2.00 bits per heavy atom. The molecule has 9 heteroatoms. The second-order valence-corrected chi connectivity index (χ2v) is 8.65. The van der Waals surface area contributed by atoms with Crippen LogP contribution in [0.5, 0.6) is 34.5 Å². The average molecular weight is 460 g/mol. The van der Waals surface area contributed by atoms with Gasteiger partial charge in [0.05, 0.1) is 32.5 Å². The van der Waals surface area contributed by atoms with Crippen LogP contribution < -0.4 is 28.4 Å². The largest absolute Gasteiger partial charge is 0.493 e. The van der Waals surface area contributed by atoms with Gasteiger partial charge >= 0.3 is 5.97 Å². The van der Waals surface area contributed by atoms with E-state index in [-0.39, 0.29) is 36.9 Å². The van der Waals surface area contributed by atoms with E-state index in [1.807, 2.05) is 0 Å². The first kappa shape index (κ1) is 23.0. The molecule has 0 saturated heterocycles. The molecule has 0 aromatic heterocycles. The summed E-state index contributed by atoms with van der Waals surface area (Å²) >= 11 is 0. The van der Waals surface area contributed by atoms with Crippen LogP contribution in [0.4, 0.5) is 0 Å². The van der Waals surface area contributed by atoms with Crippen molar-refractivity contribution in [2.45, 2.75) is 44.8 Å². The summed E-state index contributed by atoms with van der Waals surface area (Å²) in [5, 5.41) is 22.7. The van der Waals surface area contributed by atoms with Crippen molar-refractivity contribution in [2.75, 3.05) is 28.1 Å². The number of carbonyl (C=O) groups is 1. The summed E-state index contributed by atoms with van der Waals surface area (Å²) in [6, 6.07) is 3.43. The van der Waals surface area contributed by atoms with Crippen LogP contribution in [0, 0.1) is 0 Å². The third-order valence-electron chi connectivity index (χ3n) is 6.34. The van der Waals surface area contributed by atoms with Crippen LogP contribution in [-0.4, -0.2) is 55.5 Å². The molecule has 1 aliphatic carbocycles. The molecule has 178 valence electrons. The molecular weight excluding hydrogens is 432 g/mol. The van der Waals surface area contributed by atoms with Gasteiger partial charge in [-0.05, 0) is 37.1 Å². The number of fused-ring (bicyclic) bond motifs is 4. The molecule has 0 radical (unpaired) electrons. The molecular formula is C24H28O9. The second-order valence-electron chi connectivity index (χ2n) is 8.65. The molecule has 0 unspecified atom stereocenters. The smallest absolute Gasteiger partial charge is 0.308 e. The number of hydrogen-bond acceptors (Lipinski definition) is 9. The van der Waals surface area contributed by atoms with Crippen molar-refractivity contribution in [3.05, 3.63) is 23.3 Å². The lowest BCUT2D eigenvalue weighted by molar-refractivity contribution is -0.132. The van der Waals surface area contributed by atoms with Crippen LogP contribution in [0.15, 0.2) is 12.1 Å². The van der Waals surface area contributed by atoms with Gasteiger partial charge in [0.2, 0.25) is 18.3 Å². The molecule has 0 fully saturated rings. The molecule has 1 aliphatic heterocycles. The topological polar surface area (TPSA) is 113 Å². The first-order chi connectivity index (χ1) is 15.5. The maximum Gasteiger partial charge on any atom is 0.308 e.